The Kier molecular flexibility index (Phi) is 2.69. The van der Waals surface area contributed by atoms with Crippen molar-refractivity contribution in [3.63, 3.8) is 0 Å². The van der Waals surface area contributed by atoms with Crippen molar-refractivity contribution in [2.75, 3.05) is 0 Å². The van der Waals surface area contributed by atoms with Gasteiger partial charge in [-0.2, -0.15) is 0 Å². The first-order chi connectivity index (χ1) is 8.34. The number of aromatic nitrogens is 1. The van der Waals surface area contributed by atoms with Gasteiger partial charge in [0.2, 0.25) is 0 Å². The highest BCUT2D eigenvalue weighted by atomic mass is 35.5. The van der Waals surface area contributed by atoms with Gasteiger partial charge in [0.15, 0.2) is 0 Å². The monoisotopic (exact) mass is 241 g/mol. The lowest BCUT2D eigenvalue weighted by molar-refractivity contribution is 1.08. The van der Waals surface area contributed by atoms with E-state index in [1.165, 1.54) is 16.7 Å². The Morgan fingerprint density at radius 1 is 1.12 bits per heavy atom. The number of nitrogens with zero attached hydrogens (tertiary/aromatic N) is 1. The fourth-order valence-corrected chi connectivity index (χ4v) is 2.59. The van der Waals surface area contributed by atoms with Crippen LogP contribution in [0.25, 0.3) is 11.6 Å². The summed E-state index contributed by atoms with van der Waals surface area (Å²) in [5, 5.41) is 0.886. The van der Waals surface area contributed by atoms with Crippen LogP contribution in [0.4, 0.5) is 0 Å². The van der Waals surface area contributed by atoms with Crippen molar-refractivity contribution in [1.29, 1.82) is 0 Å². The summed E-state index contributed by atoms with van der Waals surface area (Å²) in [5.74, 6) is 0. The summed E-state index contributed by atoms with van der Waals surface area (Å²) in [6.45, 7) is 0. The van der Waals surface area contributed by atoms with E-state index >= 15 is 0 Å². The minimum Gasteiger partial charge on any atom is -0.264 e. The summed E-state index contributed by atoms with van der Waals surface area (Å²) >= 11 is 6.20. The van der Waals surface area contributed by atoms with E-state index in [-0.39, 0.29) is 0 Å². The molecular formula is C15H12ClN. The van der Waals surface area contributed by atoms with Gasteiger partial charge in [-0.05, 0) is 53.3 Å². The highest BCUT2D eigenvalue weighted by molar-refractivity contribution is 6.31. The first kappa shape index (κ1) is 10.5. The zero-order valence-corrected chi connectivity index (χ0v) is 10.1. The van der Waals surface area contributed by atoms with E-state index in [0.717, 1.165) is 23.4 Å². The molecule has 1 aliphatic carbocycles. The van der Waals surface area contributed by atoms with E-state index in [4.69, 9.17) is 11.6 Å². The molecule has 2 heteroatoms. The number of benzene rings is 1. The maximum Gasteiger partial charge on any atom is 0.0444 e. The molecule has 0 bridgehead atoms. The molecule has 1 heterocycles. The summed E-state index contributed by atoms with van der Waals surface area (Å²) < 4.78 is 0. The molecule has 0 amide bonds. The topological polar surface area (TPSA) is 12.9 Å². The third-order valence-electron chi connectivity index (χ3n) is 3.13. The van der Waals surface area contributed by atoms with Crippen molar-refractivity contribution in [2.24, 2.45) is 0 Å². The van der Waals surface area contributed by atoms with Crippen LogP contribution in [0.15, 0.2) is 42.7 Å². The van der Waals surface area contributed by atoms with Gasteiger partial charge in [-0.25, -0.2) is 0 Å². The van der Waals surface area contributed by atoms with E-state index in [0.29, 0.717) is 0 Å². The quantitative estimate of drug-likeness (QED) is 0.728. The highest BCUT2D eigenvalue weighted by Crippen LogP contribution is 2.37. The molecule has 0 N–H and O–H groups in total. The average Bonchev–Trinajstić information content (AvgIpc) is 2.76. The number of hydrogen-bond acceptors (Lipinski definition) is 1. The van der Waals surface area contributed by atoms with Gasteiger partial charge in [-0.15, -0.1) is 0 Å². The normalized spacial score (nSPS) is 16.2. The molecule has 1 aromatic carbocycles. The standard InChI is InChI=1S/C15H12ClN/c16-15-5-1-4-13-12(6-7-14(13)15)9-11-3-2-8-17-10-11/h1-5,8-10H,6-7H2/b12-9-. The Bertz CT molecular complexity index is 573. The van der Waals surface area contributed by atoms with E-state index in [9.17, 15) is 0 Å². The van der Waals surface area contributed by atoms with Gasteiger partial charge in [0, 0.05) is 17.4 Å². The van der Waals surface area contributed by atoms with Crippen LogP contribution in [0.2, 0.25) is 5.02 Å². The van der Waals surface area contributed by atoms with Crippen LogP contribution < -0.4 is 0 Å². The molecule has 1 aliphatic rings. The lowest BCUT2D eigenvalue weighted by Gasteiger charge is -2.02. The molecule has 0 spiro atoms. The molecule has 0 unspecified atom stereocenters. The van der Waals surface area contributed by atoms with E-state index < -0.39 is 0 Å². The molecule has 1 nitrogen and oxygen atoms in total. The van der Waals surface area contributed by atoms with Crippen molar-refractivity contribution in [2.45, 2.75) is 12.8 Å². The maximum absolute atomic E-state index is 6.20. The Labute approximate surface area is 106 Å². The van der Waals surface area contributed by atoms with Gasteiger partial charge in [0.25, 0.3) is 0 Å². The highest BCUT2D eigenvalue weighted by Gasteiger charge is 2.17. The van der Waals surface area contributed by atoms with E-state index in [1.807, 2.05) is 24.4 Å². The van der Waals surface area contributed by atoms with Gasteiger partial charge < -0.3 is 0 Å². The molecule has 0 saturated carbocycles. The van der Waals surface area contributed by atoms with E-state index in [1.54, 1.807) is 6.20 Å². The largest absolute Gasteiger partial charge is 0.264 e. The van der Waals surface area contributed by atoms with Crippen molar-refractivity contribution < 1.29 is 0 Å². The molecule has 0 radical (unpaired) electrons. The molecule has 3 rings (SSSR count). The molecule has 0 fully saturated rings. The summed E-state index contributed by atoms with van der Waals surface area (Å²) in [7, 11) is 0. The number of fused-ring (bicyclic) bond motifs is 1. The smallest absolute Gasteiger partial charge is 0.0444 e. The second-order valence-electron chi connectivity index (χ2n) is 4.22. The molecule has 17 heavy (non-hydrogen) atoms. The Morgan fingerprint density at radius 3 is 2.88 bits per heavy atom. The van der Waals surface area contributed by atoms with Crippen molar-refractivity contribution in [3.05, 3.63) is 64.4 Å². The second kappa shape index (κ2) is 4.34. The maximum atomic E-state index is 6.20. The number of halogens is 1. The Morgan fingerprint density at radius 2 is 2.06 bits per heavy atom. The van der Waals surface area contributed by atoms with Crippen molar-refractivity contribution in [3.8, 4) is 0 Å². The van der Waals surface area contributed by atoms with Crippen molar-refractivity contribution in [1.82, 2.24) is 4.98 Å². The second-order valence-corrected chi connectivity index (χ2v) is 4.63. The van der Waals surface area contributed by atoms with Gasteiger partial charge in [0.1, 0.15) is 0 Å². The number of rotatable bonds is 1. The summed E-state index contributed by atoms with van der Waals surface area (Å²) in [5.41, 5.74) is 5.08. The van der Waals surface area contributed by atoms with Crippen molar-refractivity contribution >= 4 is 23.3 Å². The third kappa shape index (κ3) is 1.98. The van der Waals surface area contributed by atoms with Gasteiger partial charge >= 0.3 is 0 Å². The third-order valence-corrected chi connectivity index (χ3v) is 3.49. The fourth-order valence-electron chi connectivity index (χ4n) is 2.32. The SMILES string of the molecule is Clc1cccc2c1CC/C2=C/c1cccnc1. The predicted octanol–water partition coefficient (Wildman–Crippen LogP) is 4.22. The van der Waals surface area contributed by atoms with Gasteiger partial charge in [0.05, 0.1) is 0 Å². The molecule has 2 aromatic rings. The average molecular weight is 242 g/mol. The molecule has 0 atom stereocenters. The number of allylic oxidation sites excluding steroid dienone is 1. The summed E-state index contributed by atoms with van der Waals surface area (Å²) in [6, 6.07) is 10.2. The Hall–Kier alpha value is -1.60. The fraction of sp³-hybridized carbons (Fsp3) is 0.133. The minimum atomic E-state index is 0.886. The molecule has 0 aliphatic heterocycles. The van der Waals surface area contributed by atoms with Crippen LogP contribution in [0.5, 0.6) is 0 Å². The Balaban J connectivity index is 2.05. The summed E-state index contributed by atoms with van der Waals surface area (Å²) in [6.07, 6.45) is 7.99. The molecule has 1 aromatic heterocycles. The minimum absolute atomic E-state index is 0.886. The predicted molar refractivity (Wildman–Crippen MR) is 71.9 cm³/mol. The van der Waals surface area contributed by atoms with Crippen LogP contribution in [-0.4, -0.2) is 4.98 Å². The lowest BCUT2D eigenvalue weighted by atomic mass is 10.1. The van der Waals surface area contributed by atoms with Crippen LogP contribution in [0, 0.1) is 0 Å². The van der Waals surface area contributed by atoms with Crippen LogP contribution in [0.3, 0.4) is 0 Å². The van der Waals surface area contributed by atoms with E-state index in [2.05, 4.69) is 23.2 Å². The first-order valence-corrected chi connectivity index (χ1v) is 6.11. The van der Waals surface area contributed by atoms with Gasteiger partial charge in [-0.1, -0.05) is 29.8 Å². The first-order valence-electron chi connectivity index (χ1n) is 5.73. The van der Waals surface area contributed by atoms with Crippen LogP contribution >= 0.6 is 11.6 Å². The number of hydrogen-bond donors (Lipinski definition) is 0. The zero-order valence-electron chi connectivity index (χ0n) is 9.36. The van der Waals surface area contributed by atoms with Crippen LogP contribution in [-0.2, 0) is 6.42 Å². The van der Waals surface area contributed by atoms with Gasteiger partial charge in [-0.3, -0.25) is 4.98 Å². The number of pyridine rings is 1. The molecule has 0 saturated heterocycles. The van der Waals surface area contributed by atoms with Crippen LogP contribution in [0.1, 0.15) is 23.1 Å². The summed E-state index contributed by atoms with van der Waals surface area (Å²) in [4.78, 5) is 4.13. The lowest BCUT2D eigenvalue weighted by Crippen LogP contribution is -1.82. The molecular weight excluding hydrogens is 230 g/mol. The molecule has 84 valence electrons. The zero-order chi connectivity index (χ0) is 11.7.